The van der Waals surface area contributed by atoms with Crippen LogP contribution in [-0.4, -0.2) is 33.8 Å². The minimum atomic E-state index is -1.53. The van der Waals surface area contributed by atoms with Crippen molar-refractivity contribution in [2.75, 3.05) is 4.90 Å². The molecular formula is C17H18N4O4S. The van der Waals surface area contributed by atoms with E-state index in [-0.39, 0.29) is 11.1 Å². The number of carbonyl (C=O) groups is 4. The van der Waals surface area contributed by atoms with Crippen LogP contribution in [0.15, 0.2) is 23.3 Å². The van der Waals surface area contributed by atoms with E-state index < -0.39 is 22.6 Å². The second-order valence-corrected chi connectivity index (χ2v) is 7.21. The lowest BCUT2D eigenvalue weighted by Gasteiger charge is -2.29. The van der Waals surface area contributed by atoms with Crippen LogP contribution in [-0.2, 0) is 30.5 Å². The van der Waals surface area contributed by atoms with Crippen molar-refractivity contribution in [3.8, 4) is 0 Å². The van der Waals surface area contributed by atoms with Crippen LogP contribution in [0.3, 0.4) is 0 Å². The molecule has 26 heavy (non-hydrogen) atoms. The van der Waals surface area contributed by atoms with E-state index in [1.807, 2.05) is 19.1 Å². The number of imide groups is 1. The third-order valence-corrected chi connectivity index (χ3v) is 5.44. The molecule has 2 heterocycles. The smallest absolute Gasteiger partial charge is 0.277 e. The predicted octanol–water partition coefficient (Wildman–Crippen LogP) is 1.30. The zero-order chi connectivity index (χ0) is 19.2. The fraction of sp³-hybridized carbons (Fsp3) is 0.353. The van der Waals surface area contributed by atoms with Gasteiger partial charge in [0.1, 0.15) is 0 Å². The van der Waals surface area contributed by atoms with Gasteiger partial charge in [0.15, 0.2) is 5.17 Å². The molecule has 3 rings (SSSR count). The Morgan fingerprint density at radius 3 is 2.42 bits per heavy atom. The molecular weight excluding hydrogens is 356 g/mol. The van der Waals surface area contributed by atoms with Gasteiger partial charge in [-0.15, -0.1) is 5.10 Å². The van der Waals surface area contributed by atoms with Crippen molar-refractivity contribution in [2.24, 2.45) is 5.10 Å². The molecule has 2 aliphatic heterocycles. The van der Waals surface area contributed by atoms with Crippen LogP contribution < -0.4 is 10.2 Å². The quantitative estimate of drug-likeness (QED) is 0.799. The number of amides is 4. The predicted molar refractivity (Wildman–Crippen MR) is 97.0 cm³/mol. The molecule has 0 fully saturated rings. The molecule has 0 bridgehead atoms. The highest BCUT2D eigenvalue weighted by Gasteiger charge is 2.62. The number of hydrazone groups is 1. The summed E-state index contributed by atoms with van der Waals surface area (Å²) in [5.41, 5.74) is 1.90. The van der Waals surface area contributed by atoms with Crippen molar-refractivity contribution >= 4 is 46.2 Å². The normalized spacial score (nSPS) is 21.1. The Morgan fingerprint density at radius 1 is 1.19 bits per heavy atom. The fourth-order valence-electron chi connectivity index (χ4n) is 3.12. The van der Waals surface area contributed by atoms with E-state index >= 15 is 0 Å². The van der Waals surface area contributed by atoms with Crippen LogP contribution in [0.5, 0.6) is 0 Å². The Labute approximate surface area is 154 Å². The highest BCUT2D eigenvalue weighted by Crippen LogP contribution is 2.54. The van der Waals surface area contributed by atoms with Crippen LogP contribution in [0.25, 0.3) is 0 Å². The largest absolute Gasteiger partial charge is 0.304 e. The number of rotatable bonds is 1. The van der Waals surface area contributed by atoms with Crippen LogP contribution in [0.2, 0.25) is 0 Å². The number of benzene rings is 1. The Hall–Kier alpha value is -2.68. The van der Waals surface area contributed by atoms with Gasteiger partial charge in [-0.25, -0.2) is 4.90 Å². The third kappa shape index (κ3) is 2.50. The Balaban J connectivity index is 2.23. The summed E-state index contributed by atoms with van der Waals surface area (Å²) in [6.07, 6.45) is 0.724. The standard InChI is InChI=1S/C17H18N4O4S/c1-5-12-6-7-14-13(8-12)17(15(25)20(14)10(3)23)21(11(4)24)19-16(26-17)18-9(2)22/h6-8H,5H2,1-4H3,(H,18,19,22). The van der Waals surface area contributed by atoms with Gasteiger partial charge in [0, 0.05) is 26.3 Å². The van der Waals surface area contributed by atoms with Gasteiger partial charge in [-0.05, 0) is 35.9 Å². The summed E-state index contributed by atoms with van der Waals surface area (Å²) in [5, 5.41) is 7.85. The molecule has 0 aromatic heterocycles. The van der Waals surface area contributed by atoms with Crippen LogP contribution in [0.1, 0.15) is 38.8 Å². The SMILES string of the molecule is CCc1ccc2c(c1)C1(SC(NC(C)=O)=NN1C(C)=O)C(=O)N2C(C)=O. The Kier molecular flexibility index (Phi) is 4.35. The van der Waals surface area contributed by atoms with Gasteiger partial charge in [0.05, 0.1) is 5.69 Å². The second kappa shape index (κ2) is 6.24. The van der Waals surface area contributed by atoms with Crippen molar-refractivity contribution in [2.45, 2.75) is 39.0 Å². The molecule has 9 heteroatoms. The van der Waals surface area contributed by atoms with E-state index in [0.29, 0.717) is 11.3 Å². The number of fused-ring (bicyclic) bond motifs is 2. The Morgan fingerprint density at radius 2 is 1.88 bits per heavy atom. The van der Waals surface area contributed by atoms with Crippen LogP contribution >= 0.6 is 11.8 Å². The molecule has 0 aliphatic carbocycles. The van der Waals surface area contributed by atoms with Crippen LogP contribution in [0.4, 0.5) is 5.69 Å². The molecule has 136 valence electrons. The lowest BCUT2D eigenvalue weighted by Crippen LogP contribution is -2.49. The average Bonchev–Trinajstić information content (AvgIpc) is 3.04. The summed E-state index contributed by atoms with van der Waals surface area (Å²) in [5.74, 6) is -1.86. The number of anilines is 1. The summed E-state index contributed by atoms with van der Waals surface area (Å²) in [6.45, 7) is 5.86. The average molecular weight is 374 g/mol. The lowest BCUT2D eigenvalue weighted by atomic mass is 10.0. The summed E-state index contributed by atoms with van der Waals surface area (Å²) < 4.78 is 0. The first-order valence-corrected chi connectivity index (χ1v) is 8.88. The minimum Gasteiger partial charge on any atom is -0.304 e. The van der Waals surface area contributed by atoms with Gasteiger partial charge >= 0.3 is 0 Å². The molecule has 1 aromatic carbocycles. The Bertz CT molecular complexity index is 882. The number of nitrogens with zero attached hydrogens (tertiary/aromatic N) is 3. The van der Waals surface area contributed by atoms with E-state index in [4.69, 9.17) is 0 Å². The van der Waals surface area contributed by atoms with Gasteiger partial charge in [-0.3, -0.25) is 19.2 Å². The molecule has 8 nitrogen and oxygen atoms in total. The van der Waals surface area contributed by atoms with E-state index in [2.05, 4.69) is 10.4 Å². The van der Waals surface area contributed by atoms with Crippen molar-refractivity contribution in [1.29, 1.82) is 0 Å². The molecule has 1 spiro atoms. The number of carbonyl (C=O) groups excluding carboxylic acids is 4. The molecule has 1 atom stereocenters. The van der Waals surface area contributed by atoms with Gasteiger partial charge in [0.25, 0.3) is 5.91 Å². The lowest BCUT2D eigenvalue weighted by molar-refractivity contribution is -0.140. The summed E-state index contributed by atoms with van der Waals surface area (Å²) >= 11 is 0.956. The van der Waals surface area contributed by atoms with Gasteiger partial charge in [-0.1, -0.05) is 13.0 Å². The topological polar surface area (TPSA) is 99.2 Å². The summed E-state index contributed by atoms with van der Waals surface area (Å²) in [7, 11) is 0. The number of aryl methyl sites for hydroxylation is 1. The van der Waals surface area contributed by atoms with Gasteiger partial charge in [-0.2, -0.15) is 5.01 Å². The summed E-state index contributed by atoms with van der Waals surface area (Å²) in [6, 6.07) is 5.36. The van der Waals surface area contributed by atoms with Crippen LogP contribution in [0, 0.1) is 0 Å². The zero-order valence-electron chi connectivity index (χ0n) is 14.8. The fourth-order valence-corrected chi connectivity index (χ4v) is 4.42. The number of thioether (sulfide) groups is 1. The highest BCUT2D eigenvalue weighted by atomic mass is 32.2. The second-order valence-electron chi connectivity index (χ2n) is 6.03. The molecule has 1 aromatic rings. The number of amidine groups is 1. The first-order chi connectivity index (χ1) is 12.2. The van der Waals surface area contributed by atoms with E-state index in [0.717, 1.165) is 33.7 Å². The van der Waals surface area contributed by atoms with Gasteiger partial charge < -0.3 is 5.32 Å². The van der Waals surface area contributed by atoms with E-state index in [1.54, 1.807) is 6.07 Å². The maximum absolute atomic E-state index is 13.3. The van der Waals surface area contributed by atoms with E-state index in [9.17, 15) is 19.2 Å². The van der Waals surface area contributed by atoms with Crippen molar-refractivity contribution in [1.82, 2.24) is 10.3 Å². The maximum atomic E-state index is 13.3. The van der Waals surface area contributed by atoms with Crippen molar-refractivity contribution in [3.63, 3.8) is 0 Å². The van der Waals surface area contributed by atoms with E-state index in [1.165, 1.54) is 20.8 Å². The molecule has 4 amide bonds. The third-order valence-electron chi connectivity index (χ3n) is 4.20. The molecule has 1 N–H and O–H groups in total. The molecule has 0 saturated carbocycles. The number of hydrogen-bond donors (Lipinski definition) is 1. The van der Waals surface area contributed by atoms with Gasteiger partial charge in [0.2, 0.25) is 22.6 Å². The minimum absolute atomic E-state index is 0.138. The molecule has 0 saturated heterocycles. The van der Waals surface area contributed by atoms with Crippen molar-refractivity contribution in [3.05, 3.63) is 29.3 Å². The monoisotopic (exact) mass is 374 g/mol. The van der Waals surface area contributed by atoms with Crippen molar-refractivity contribution < 1.29 is 19.2 Å². The zero-order valence-corrected chi connectivity index (χ0v) is 15.6. The first kappa shape index (κ1) is 18.1. The summed E-state index contributed by atoms with van der Waals surface area (Å²) in [4.78, 5) is 48.6. The first-order valence-electron chi connectivity index (χ1n) is 8.07. The highest BCUT2D eigenvalue weighted by molar-refractivity contribution is 8.15. The number of hydrogen-bond acceptors (Lipinski definition) is 6. The maximum Gasteiger partial charge on any atom is 0.277 e. The molecule has 2 aliphatic rings. The molecule has 1 unspecified atom stereocenters. The molecule has 0 radical (unpaired) electrons. The number of nitrogens with one attached hydrogen (secondary N) is 1.